The van der Waals surface area contributed by atoms with Crippen LogP contribution in [0.4, 0.5) is 0 Å². The zero-order valence-electron chi connectivity index (χ0n) is 19.0. The van der Waals surface area contributed by atoms with Crippen LogP contribution < -0.4 is 9.47 Å². The number of para-hydroxylation sites is 1. The Kier molecular flexibility index (Phi) is 8.09. The minimum absolute atomic E-state index is 0.299. The second-order valence-electron chi connectivity index (χ2n) is 9.08. The van der Waals surface area contributed by atoms with Crippen molar-refractivity contribution in [1.82, 2.24) is 9.80 Å². The van der Waals surface area contributed by atoms with Crippen molar-refractivity contribution < 1.29 is 19.0 Å². The number of fused-ring (bicyclic) bond motifs is 2. The van der Waals surface area contributed by atoms with E-state index in [2.05, 4.69) is 15.9 Å². The molecular formula is C25H38N2O4. The van der Waals surface area contributed by atoms with E-state index in [0.29, 0.717) is 51.3 Å². The maximum Gasteiger partial charge on any atom is 0.222 e. The van der Waals surface area contributed by atoms with Gasteiger partial charge in [0.1, 0.15) is 6.61 Å². The average Bonchev–Trinajstić information content (AvgIpc) is 3.16. The number of hydrogen-bond donors (Lipinski definition) is 0. The molecule has 6 nitrogen and oxygen atoms in total. The van der Waals surface area contributed by atoms with Crippen LogP contribution in [0, 0.1) is 5.92 Å². The summed E-state index contributed by atoms with van der Waals surface area (Å²) < 4.78 is 17.8. The molecule has 1 aliphatic carbocycles. The predicted molar refractivity (Wildman–Crippen MR) is 121 cm³/mol. The number of carbonyl (C=O) groups is 1. The Labute approximate surface area is 186 Å². The van der Waals surface area contributed by atoms with Crippen LogP contribution in [0.2, 0.25) is 0 Å². The average molecular weight is 431 g/mol. The molecule has 3 aliphatic rings. The van der Waals surface area contributed by atoms with Gasteiger partial charge in [0, 0.05) is 37.7 Å². The predicted octanol–water partition coefficient (Wildman–Crippen LogP) is 3.87. The van der Waals surface area contributed by atoms with Crippen LogP contribution in [0.5, 0.6) is 11.5 Å². The molecular weight excluding hydrogens is 392 g/mol. The van der Waals surface area contributed by atoms with Crippen molar-refractivity contribution in [2.45, 2.75) is 64.5 Å². The van der Waals surface area contributed by atoms with Gasteiger partial charge in [-0.3, -0.25) is 9.69 Å². The molecule has 0 bridgehead atoms. The van der Waals surface area contributed by atoms with Gasteiger partial charge in [0.15, 0.2) is 11.5 Å². The second kappa shape index (κ2) is 11.2. The summed E-state index contributed by atoms with van der Waals surface area (Å²) in [6.07, 6.45) is 7.97. The van der Waals surface area contributed by atoms with Crippen molar-refractivity contribution in [1.29, 1.82) is 0 Å². The molecule has 31 heavy (non-hydrogen) atoms. The van der Waals surface area contributed by atoms with Gasteiger partial charge in [-0.2, -0.15) is 0 Å². The molecule has 0 N–H and O–H groups in total. The Morgan fingerprint density at radius 3 is 2.84 bits per heavy atom. The zero-order valence-corrected chi connectivity index (χ0v) is 19.0. The Morgan fingerprint density at radius 2 is 2.03 bits per heavy atom. The van der Waals surface area contributed by atoms with E-state index in [4.69, 9.17) is 14.2 Å². The molecule has 172 valence electrons. The third-order valence-corrected chi connectivity index (χ3v) is 6.99. The summed E-state index contributed by atoms with van der Waals surface area (Å²) in [4.78, 5) is 17.6. The molecule has 0 spiro atoms. The van der Waals surface area contributed by atoms with Crippen LogP contribution in [-0.2, 0) is 16.1 Å². The Bertz CT molecular complexity index is 721. The molecule has 2 heterocycles. The third-order valence-electron chi connectivity index (χ3n) is 6.99. The molecule has 0 radical (unpaired) electrons. The number of ether oxygens (including phenoxy) is 3. The molecule has 0 unspecified atom stereocenters. The van der Waals surface area contributed by atoms with E-state index in [9.17, 15) is 4.79 Å². The summed E-state index contributed by atoms with van der Waals surface area (Å²) in [7, 11) is 0. The highest BCUT2D eigenvalue weighted by Gasteiger charge is 2.30. The molecule has 0 aromatic heterocycles. The fourth-order valence-electron chi connectivity index (χ4n) is 4.97. The monoisotopic (exact) mass is 430 g/mol. The van der Waals surface area contributed by atoms with Crippen LogP contribution in [0.25, 0.3) is 0 Å². The molecule has 1 amide bonds. The maximum atomic E-state index is 13.0. The molecule has 6 heteroatoms. The standard InChI is InChI=1S/C25H38N2O4/c1-2-30-23-10-4-8-21-18-26-13-5-9-22(26)19-27(14-15-29-16-17-31-25(21)23)24(28)12-11-20-6-3-7-20/h4,8,10,20,22H,2-3,5-7,9,11-19H2,1H3/t22-/m0/s1. The lowest BCUT2D eigenvalue weighted by Gasteiger charge is -2.32. The summed E-state index contributed by atoms with van der Waals surface area (Å²) in [5, 5.41) is 0. The summed E-state index contributed by atoms with van der Waals surface area (Å²) in [6, 6.07) is 6.54. The van der Waals surface area contributed by atoms with E-state index in [1.54, 1.807) is 0 Å². The van der Waals surface area contributed by atoms with Crippen LogP contribution in [0.15, 0.2) is 18.2 Å². The van der Waals surface area contributed by atoms with Crippen LogP contribution >= 0.6 is 0 Å². The van der Waals surface area contributed by atoms with Gasteiger partial charge in [0.05, 0.1) is 19.8 Å². The van der Waals surface area contributed by atoms with E-state index < -0.39 is 0 Å². The first kappa shape index (κ1) is 22.4. The van der Waals surface area contributed by atoms with Gasteiger partial charge in [0.2, 0.25) is 5.91 Å². The van der Waals surface area contributed by atoms with Gasteiger partial charge in [-0.25, -0.2) is 0 Å². The highest BCUT2D eigenvalue weighted by molar-refractivity contribution is 5.76. The summed E-state index contributed by atoms with van der Waals surface area (Å²) >= 11 is 0. The number of rotatable bonds is 5. The maximum absolute atomic E-state index is 13.0. The Morgan fingerprint density at radius 1 is 1.13 bits per heavy atom. The lowest BCUT2D eigenvalue weighted by molar-refractivity contribution is -0.133. The Balaban J connectivity index is 1.47. The van der Waals surface area contributed by atoms with Crippen LogP contribution in [-0.4, -0.2) is 67.8 Å². The topological polar surface area (TPSA) is 51.2 Å². The van der Waals surface area contributed by atoms with Crippen molar-refractivity contribution in [3.63, 3.8) is 0 Å². The van der Waals surface area contributed by atoms with E-state index in [1.165, 1.54) is 25.7 Å². The highest BCUT2D eigenvalue weighted by Crippen LogP contribution is 2.34. The molecule has 2 fully saturated rings. The lowest BCUT2D eigenvalue weighted by Crippen LogP contribution is -2.44. The van der Waals surface area contributed by atoms with Gasteiger partial charge < -0.3 is 19.1 Å². The van der Waals surface area contributed by atoms with Gasteiger partial charge in [0.25, 0.3) is 0 Å². The van der Waals surface area contributed by atoms with Gasteiger partial charge in [-0.15, -0.1) is 0 Å². The SMILES string of the molecule is CCOc1cccc2c1OCCOCCN(C(=O)CCC1CCC1)C[C@@H]1CCCN1C2. The molecule has 4 rings (SSSR count). The zero-order chi connectivity index (χ0) is 21.5. The first-order chi connectivity index (χ1) is 15.2. The minimum Gasteiger partial charge on any atom is -0.490 e. The molecule has 2 aliphatic heterocycles. The van der Waals surface area contributed by atoms with Crippen molar-refractivity contribution >= 4 is 5.91 Å². The molecule has 1 aromatic rings. The van der Waals surface area contributed by atoms with Crippen molar-refractivity contribution in [3.8, 4) is 11.5 Å². The van der Waals surface area contributed by atoms with Crippen LogP contribution in [0.1, 0.15) is 57.4 Å². The van der Waals surface area contributed by atoms with E-state index in [0.717, 1.165) is 55.5 Å². The first-order valence-corrected chi connectivity index (χ1v) is 12.2. The Hall–Kier alpha value is -1.79. The van der Waals surface area contributed by atoms with Crippen molar-refractivity contribution in [2.24, 2.45) is 5.92 Å². The normalized spacial score (nSPS) is 23.4. The smallest absolute Gasteiger partial charge is 0.222 e. The van der Waals surface area contributed by atoms with Crippen LogP contribution in [0.3, 0.4) is 0 Å². The number of nitrogens with zero attached hydrogens (tertiary/aromatic N) is 2. The summed E-state index contributed by atoms with van der Waals surface area (Å²) in [6.45, 7) is 7.52. The highest BCUT2D eigenvalue weighted by atomic mass is 16.5. The summed E-state index contributed by atoms with van der Waals surface area (Å²) in [5.74, 6) is 2.71. The van der Waals surface area contributed by atoms with Crippen molar-refractivity contribution in [3.05, 3.63) is 23.8 Å². The van der Waals surface area contributed by atoms with E-state index in [-0.39, 0.29) is 0 Å². The van der Waals surface area contributed by atoms with Gasteiger partial charge in [-0.1, -0.05) is 31.4 Å². The quantitative estimate of drug-likeness (QED) is 0.710. The number of hydrogen-bond acceptors (Lipinski definition) is 5. The number of amides is 1. The molecule has 1 aromatic carbocycles. The third kappa shape index (κ3) is 5.92. The minimum atomic E-state index is 0.299. The van der Waals surface area contributed by atoms with Gasteiger partial charge in [-0.05, 0) is 44.7 Å². The van der Waals surface area contributed by atoms with Gasteiger partial charge >= 0.3 is 0 Å². The second-order valence-corrected chi connectivity index (χ2v) is 9.08. The summed E-state index contributed by atoms with van der Waals surface area (Å²) in [5.41, 5.74) is 1.15. The molecule has 1 atom stereocenters. The molecule has 1 saturated heterocycles. The fourth-order valence-corrected chi connectivity index (χ4v) is 4.97. The lowest BCUT2D eigenvalue weighted by atomic mass is 9.82. The largest absolute Gasteiger partial charge is 0.490 e. The number of benzene rings is 1. The van der Waals surface area contributed by atoms with E-state index >= 15 is 0 Å². The van der Waals surface area contributed by atoms with E-state index in [1.807, 2.05) is 19.1 Å². The first-order valence-electron chi connectivity index (χ1n) is 12.2. The fraction of sp³-hybridized carbons (Fsp3) is 0.720. The number of carbonyl (C=O) groups excluding carboxylic acids is 1. The molecule has 1 saturated carbocycles. The van der Waals surface area contributed by atoms with Crippen molar-refractivity contribution in [2.75, 3.05) is 46.1 Å².